The molecule has 0 bridgehead atoms. The average Bonchev–Trinajstić information content (AvgIpc) is 3.06. The molecular formula is C15H26N2O2. The zero-order chi connectivity index (χ0) is 13.6. The van der Waals surface area contributed by atoms with E-state index in [-0.39, 0.29) is 5.54 Å². The van der Waals surface area contributed by atoms with Crippen molar-refractivity contribution in [1.82, 2.24) is 5.32 Å². The van der Waals surface area contributed by atoms with Gasteiger partial charge in [-0.15, -0.1) is 0 Å². The predicted molar refractivity (Wildman–Crippen MR) is 73.8 cm³/mol. The summed E-state index contributed by atoms with van der Waals surface area (Å²) in [5.41, 5.74) is -0.347. The van der Waals surface area contributed by atoms with Gasteiger partial charge in [-0.25, -0.2) is 0 Å². The zero-order valence-electron chi connectivity index (χ0n) is 12.0. The van der Waals surface area contributed by atoms with Crippen LogP contribution >= 0.6 is 0 Å². The van der Waals surface area contributed by atoms with Crippen LogP contribution in [0.15, 0.2) is 0 Å². The molecule has 1 saturated carbocycles. The molecule has 4 heteroatoms. The maximum Gasteiger partial charge on any atom is 0.104 e. The van der Waals surface area contributed by atoms with E-state index in [0.717, 1.165) is 52.1 Å². The lowest BCUT2D eigenvalue weighted by molar-refractivity contribution is 0.0865. The Morgan fingerprint density at radius 3 is 2.84 bits per heavy atom. The van der Waals surface area contributed by atoms with Gasteiger partial charge in [-0.1, -0.05) is 0 Å². The van der Waals surface area contributed by atoms with Gasteiger partial charge >= 0.3 is 0 Å². The summed E-state index contributed by atoms with van der Waals surface area (Å²) in [6.45, 7) is 5.40. The molecule has 2 aliphatic rings. The van der Waals surface area contributed by atoms with Crippen molar-refractivity contribution in [1.29, 1.82) is 5.26 Å². The first-order chi connectivity index (χ1) is 9.22. The van der Waals surface area contributed by atoms with Crippen LogP contribution in [0, 0.1) is 17.2 Å². The minimum Gasteiger partial charge on any atom is -0.381 e. The molecule has 2 atom stereocenters. The van der Waals surface area contributed by atoms with Crippen LogP contribution in [0.5, 0.6) is 0 Å². The molecule has 0 spiro atoms. The van der Waals surface area contributed by atoms with Crippen LogP contribution in [0.4, 0.5) is 0 Å². The Labute approximate surface area is 116 Å². The van der Waals surface area contributed by atoms with Crippen molar-refractivity contribution in [2.75, 3.05) is 26.4 Å². The van der Waals surface area contributed by atoms with Crippen LogP contribution in [-0.2, 0) is 9.47 Å². The molecule has 2 rings (SSSR count). The Balaban J connectivity index is 1.49. The second kappa shape index (κ2) is 7.23. The minimum absolute atomic E-state index is 0.347. The van der Waals surface area contributed by atoms with E-state index in [0.29, 0.717) is 12.0 Å². The molecule has 2 fully saturated rings. The smallest absolute Gasteiger partial charge is 0.104 e. The highest BCUT2D eigenvalue weighted by Crippen LogP contribution is 2.24. The molecule has 0 radical (unpaired) electrons. The lowest BCUT2D eigenvalue weighted by Gasteiger charge is -2.23. The molecule has 1 heterocycles. The molecule has 4 nitrogen and oxygen atoms in total. The second-order valence-corrected chi connectivity index (χ2v) is 6.12. The van der Waals surface area contributed by atoms with Crippen LogP contribution < -0.4 is 5.32 Å². The molecule has 0 aromatic rings. The van der Waals surface area contributed by atoms with Crippen molar-refractivity contribution < 1.29 is 9.47 Å². The Morgan fingerprint density at radius 2 is 2.21 bits per heavy atom. The van der Waals surface area contributed by atoms with Gasteiger partial charge in [-0.05, 0) is 45.4 Å². The summed E-state index contributed by atoms with van der Waals surface area (Å²) < 4.78 is 11.0. The summed E-state index contributed by atoms with van der Waals surface area (Å²) >= 11 is 0. The molecule has 0 aromatic heterocycles. The topological polar surface area (TPSA) is 54.3 Å². The molecular weight excluding hydrogens is 240 g/mol. The highest BCUT2D eigenvalue weighted by Gasteiger charge is 2.31. The first-order valence-corrected chi connectivity index (χ1v) is 7.56. The number of nitrogens with zero attached hydrogens (tertiary/aromatic N) is 1. The van der Waals surface area contributed by atoms with E-state index in [1.54, 1.807) is 0 Å². The Kier molecular flexibility index (Phi) is 5.62. The first-order valence-electron chi connectivity index (χ1n) is 7.56. The standard InChI is InChI=1S/C15H26N2O2/c1-15(12-16,17-14-4-5-14)7-2-3-8-18-10-13-6-9-19-11-13/h13-14,17H,2-11H2,1H3. The molecule has 0 aromatic carbocycles. The highest BCUT2D eigenvalue weighted by atomic mass is 16.5. The quantitative estimate of drug-likeness (QED) is 0.650. The Morgan fingerprint density at radius 1 is 1.37 bits per heavy atom. The van der Waals surface area contributed by atoms with Crippen molar-refractivity contribution in [2.24, 2.45) is 5.92 Å². The van der Waals surface area contributed by atoms with E-state index in [2.05, 4.69) is 11.4 Å². The largest absolute Gasteiger partial charge is 0.381 e. The van der Waals surface area contributed by atoms with Gasteiger partial charge < -0.3 is 9.47 Å². The summed E-state index contributed by atoms with van der Waals surface area (Å²) in [7, 11) is 0. The number of ether oxygens (including phenoxy) is 2. The fourth-order valence-electron chi connectivity index (χ4n) is 2.49. The highest BCUT2D eigenvalue weighted by molar-refractivity contribution is 5.06. The van der Waals surface area contributed by atoms with Gasteiger partial charge in [0, 0.05) is 25.2 Å². The van der Waals surface area contributed by atoms with Gasteiger partial charge in [0.25, 0.3) is 0 Å². The van der Waals surface area contributed by atoms with Crippen molar-refractivity contribution >= 4 is 0 Å². The molecule has 1 aliphatic heterocycles. The van der Waals surface area contributed by atoms with E-state index >= 15 is 0 Å². The summed E-state index contributed by atoms with van der Waals surface area (Å²) in [5.74, 6) is 0.598. The number of hydrogen-bond acceptors (Lipinski definition) is 4. The maximum absolute atomic E-state index is 9.25. The van der Waals surface area contributed by atoms with Gasteiger partial charge in [0.05, 0.1) is 19.3 Å². The minimum atomic E-state index is -0.347. The summed E-state index contributed by atoms with van der Waals surface area (Å²) in [6.07, 6.45) is 6.59. The summed E-state index contributed by atoms with van der Waals surface area (Å²) in [5, 5.41) is 12.7. The monoisotopic (exact) mass is 266 g/mol. The molecule has 19 heavy (non-hydrogen) atoms. The van der Waals surface area contributed by atoms with E-state index in [9.17, 15) is 5.26 Å². The average molecular weight is 266 g/mol. The van der Waals surface area contributed by atoms with Gasteiger partial charge in [-0.2, -0.15) is 5.26 Å². The normalized spacial score (nSPS) is 26.0. The molecule has 2 unspecified atom stereocenters. The Hall–Kier alpha value is -0.630. The number of nitrogens with one attached hydrogen (secondary N) is 1. The third-order valence-electron chi connectivity index (χ3n) is 3.94. The van der Waals surface area contributed by atoms with E-state index in [4.69, 9.17) is 9.47 Å². The third-order valence-corrected chi connectivity index (χ3v) is 3.94. The van der Waals surface area contributed by atoms with Crippen molar-refractivity contribution in [2.45, 2.75) is 57.0 Å². The lowest BCUT2D eigenvalue weighted by atomic mass is 9.96. The number of nitriles is 1. The SMILES string of the molecule is CC(C#N)(CCCCOCC1CCOC1)NC1CC1. The molecule has 1 saturated heterocycles. The van der Waals surface area contributed by atoms with Gasteiger partial charge in [0.15, 0.2) is 0 Å². The van der Waals surface area contributed by atoms with Crippen LogP contribution in [-0.4, -0.2) is 38.0 Å². The van der Waals surface area contributed by atoms with Crippen LogP contribution in [0.25, 0.3) is 0 Å². The Bertz CT molecular complexity index is 306. The fourth-order valence-corrected chi connectivity index (χ4v) is 2.49. The summed E-state index contributed by atoms with van der Waals surface area (Å²) in [6, 6.07) is 3.00. The van der Waals surface area contributed by atoms with Crippen LogP contribution in [0.2, 0.25) is 0 Å². The predicted octanol–water partition coefficient (Wildman–Crippen LogP) is 2.24. The van der Waals surface area contributed by atoms with Gasteiger partial charge in [-0.3, -0.25) is 5.32 Å². The maximum atomic E-state index is 9.25. The fraction of sp³-hybridized carbons (Fsp3) is 0.933. The number of unbranched alkanes of at least 4 members (excludes halogenated alkanes) is 1. The van der Waals surface area contributed by atoms with E-state index < -0.39 is 0 Å². The van der Waals surface area contributed by atoms with E-state index in [1.165, 1.54) is 12.8 Å². The van der Waals surface area contributed by atoms with Crippen LogP contribution in [0.1, 0.15) is 45.4 Å². The van der Waals surface area contributed by atoms with Gasteiger partial charge in [0.2, 0.25) is 0 Å². The summed E-state index contributed by atoms with van der Waals surface area (Å²) in [4.78, 5) is 0. The third kappa shape index (κ3) is 5.48. The van der Waals surface area contributed by atoms with Crippen molar-refractivity contribution in [3.63, 3.8) is 0 Å². The van der Waals surface area contributed by atoms with Crippen LogP contribution in [0.3, 0.4) is 0 Å². The molecule has 0 amide bonds. The lowest BCUT2D eigenvalue weighted by Crippen LogP contribution is -2.42. The van der Waals surface area contributed by atoms with Gasteiger partial charge in [0.1, 0.15) is 5.54 Å². The molecule has 108 valence electrons. The van der Waals surface area contributed by atoms with Crippen molar-refractivity contribution in [3.8, 4) is 6.07 Å². The number of rotatable bonds is 9. The molecule has 1 aliphatic carbocycles. The first kappa shape index (κ1) is 14.8. The zero-order valence-corrected chi connectivity index (χ0v) is 12.0. The number of hydrogen-bond donors (Lipinski definition) is 1. The van der Waals surface area contributed by atoms with Crippen molar-refractivity contribution in [3.05, 3.63) is 0 Å². The molecule has 1 N–H and O–H groups in total. The van der Waals surface area contributed by atoms with E-state index in [1.807, 2.05) is 6.92 Å². The second-order valence-electron chi connectivity index (χ2n) is 6.12.